The molecule has 2 amide bonds. The predicted molar refractivity (Wildman–Crippen MR) is 107 cm³/mol. The molecule has 0 bridgehead atoms. The number of anilines is 2. The number of aryl methyl sites for hydroxylation is 2. The minimum Gasteiger partial charge on any atom is -0.497 e. The van der Waals surface area contributed by atoms with Gasteiger partial charge in [0.15, 0.2) is 5.82 Å². The van der Waals surface area contributed by atoms with Gasteiger partial charge >= 0.3 is 6.03 Å². The molecular formula is C19H23N7O2. The minimum absolute atomic E-state index is 0.280. The van der Waals surface area contributed by atoms with Gasteiger partial charge in [0.25, 0.3) is 0 Å². The first kappa shape index (κ1) is 19.2. The summed E-state index contributed by atoms with van der Waals surface area (Å²) in [5, 5.41) is 13.1. The van der Waals surface area contributed by atoms with Gasteiger partial charge in [0.1, 0.15) is 17.9 Å². The number of hydrogen-bond acceptors (Lipinski definition) is 6. The molecule has 0 atom stereocenters. The molecule has 9 nitrogen and oxygen atoms in total. The van der Waals surface area contributed by atoms with E-state index >= 15 is 0 Å². The van der Waals surface area contributed by atoms with Gasteiger partial charge in [-0.15, -0.1) is 0 Å². The van der Waals surface area contributed by atoms with Crippen LogP contribution in [0, 0.1) is 13.8 Å². The molecule has 3 N–H and O–H groups in total. The number of carbonyl (C=O) groups is 1. The Morgan fingerprint density at radius 3 is 2.57 bits per heavy atom. The zero-order valence-corrected chi connectivity index (χ0v) is 16.1. The maximum absolute atomic E-state index is 11.9. The summed E-state index contributed by atoms with van der Waals surface area (Å²) >= 11 is 0. The SMILES string of the molecule is COc1ccc(NC(=O)NCCNc2cc(-n3nc(C)cc3C)ncn2)cc1. The maximum atomic E-state index is 11.9. The summed E-state index contributed by atoms with van der Waals surface area (Å²) in [5.41, 5.74) is 2.62. The molecule has 1 aromatic carbocycles. The van der Waals surface area contributed by atoms with Gasteiger partial charge in [-0.25, -0.2) is 19.4 Å². The van der Waals surface area contributed by atoms with E-state index in [1.54, 1.807) is 36.1 Å². The highest BCUT2D eigenvalue weighted by Gasteiger charge is 2.06. The molecule has 146 valence electrons. The fraction of sp³-hybridized carbons (Fsp3) is 0.263. The Morgan fingerprint density at radius 2 is 1.89 bits per heavy atom. The average molecular weight is 381 g/mol. The average Bonchev–Trinajstić information content (AvgIpc) is 3.04. The summed E-state index contributed by atoms with van der Waals surface area (Å²) in [4.78, 5) is 20.4. The van der Waals surface area contributed by atoms with Crippen molar-refractivity contribution >= 4 is 17.5 Å². The second-order valence-electron chi connectivity index (χ2n) is 6.14. The molecule has 3 aromatic rings. The Morgan fingerprint density at radius 1 is 1.11 bits per heavy atom. The lowest BCUT2D eigenvalue weighted by Gasteiger charge is -2.10. The number of urea groups is 1. The number of carbonyl (C=O) groups excluding carboxylic acids is 1. The Balaban J connectivity index is 1.46. The molecule has 9 heteroatoms. The Bertz CT molecular complexity index is 938. The van der Waals surface area contributed by atoms with Crippen molar-refractivity contribution in [2.75, 3.05) is 30.8 Å². The van der Waals surface area contributed by atoms with Crippen LogP contribution < -0.4 is 20.7 Å². The molecule has 0 unspecified atom stereocenters. The van der Waals surface area contributed by atoms with Crippen LogP contribution in [0.4, 0.5) is 16.3 Å². The Hall–Kier alpha value is -3.62. The van der Waals surface area contributed by atoms with Gasteiger partial charge in [-0.1, -0.05) is 0 Å². The zero-order chi connectivity index (χ0) is 19.9. The van der Waals surface area contributed by atoms with Crippen LogP contribution in [0.2, 0.25) is 0 Å². The van der Waals surface area contributed by atoms with Crippen molar-refractivity contribution in [1.29, 1.82) is 0 Å². The quantitative estimate of drug-likeness (QED) is 0.543. The molecule has 0 aliphatic rings. The summed E-state index contributed by atoms with van der Waals surface area (Å²) in [5.74, 6) is 2.09. The van der Waals surface area contributed by atoms with Gasteiger partial charge in [0.05, 0.1) is 12.8 Å². The number of methoxy groups -OCH3 is 1. The van der Waals surface area contributed by atoms with Gasteiger partial charge in [0, 0.05) is 30.5 Å². The third-order valence-electron chi connectivity index (χ3n) is 3.94. The minimum atomic E-state index is -0.280. The Labute approximate surface area is 163 Å². The molecule has 28 heavy (non-hydrogen) atoms. The van der Waals surface area contributed by atoms with E-state index in [9.17, 15) is 4.79 Å². The van der Waals surface area contributed by atoms with Crippen LogP contribution in [0.3, 0.4) is 0 Å². The monoisotopic (exact) mass is 381 g/mol. The molecule has 0 aliphatic heterocycles. The van der Waals surface area contributed by atoms with Crippen LogP contribution in [0.5, 0.6) is 5.75 Å². The standard InChI is InChI=1S/C19H23N7O2/c1-13-10-14(2)26(25-13)18-11-17(22-12-23-18)20-8-9-21-19(27)24-15-4-6-16(28-3)7-5-15/h4-7,10-12H,8-9H2,1-3H3,(H,20,22,23)(H2,21,24,27). The number of rotatable bonds is 7. The molecule has 3 rings (SSSR count). The van der Waals surface area contributed by atoms with Crippen LogP contribution >= 0.6 is 0 Å². The predicted octanol–water partition coefficient (Wildman–Crippen LogP) is 2.52. The van der Waals surface area contributed by atoms with Gasteiger partial charge in [0.2, 0.25) is 0 Å². The van der Waals surface area contributed by atoms with E-state index in [0.717, 1.165) is 17.1 Å². The van der Waals surface area contributed by atoms with E-state index < -0.39 is 0 Å². The first-order valence-electron chi connectivity index (χ1n) is 8.83. The number of ether oxygens (including phenoxy) is 1. The highest BCUT2D eigenvalue weighted by atomic mass is 16.5. The van der Waals surface area contributed by atoms with Crippen molar-refractivity contribution in [3.63, 3.8) is 0 Å². The number of hydrogen-bond donors (Lipinski definition) is 3. The molecule has 0 aliphatic carbocycles. The number of nitrogens with zero attached hydrogens (tertiary/aromatic N) is 4. The largest absolute Gasteiger partial charge is 0.497 e. The Kier molecular flexibility index (Phi) is 6.05. The first-order chi connectivity index (χ1) is 13.5. The lowest BCUT2D eigenvalue weighted by Crippen LogP contribution is -2.32. The highest BCUT2D eigenvalue weighted by molar-refractivity contribution is 5.89. The molecule has 0 saturated carbocycles. The molecule has 0 saturated heterocycles. The van der Waals surface area contributed by atoms with Gasteiger partial charge in [-0.3, -0.25) is 0 Å². The molecule has 0 radical (unpaired) electrons. The summed E-state index contributed by atoms with van der Waals surface area (Å²) in [6, 6.07) is 10.6. The second kappa shape index (κ2) is 8.85. The number of amides is 2. The molecule has 2 heterocycles. The third-order valence-corrected chi connectivity index (χ3v) is 3.94. The van der Waals surface area contributed by atoms with Crippen molar-refractivity contribution in [1.82, 2.24) is 25.1 Å². The van der Waals surface area contributed by atoms with E-state index in [2.05, 4.69) is 31.0 Å². The highest BCUT2D eigenvalue weighted by Crippen LogP contribution is 2.15. The van der Waals surface area contributed by atoms with E-state index in [1.807, 2.05) is 26.0 Å². The summed E-state index contributed by atoms with van der Waals surface area (Å²) in [6.45, 7) is 4.86. The fourth-order valence-corrected chi connectivity index (χ4v) is 2.64. The first-order valence-corrected chi connectivity index (χ1v) is 8.83. The lowest BCUT2D eigenvalue weighted by molar-refractivity contribution is 0.252. The van der Waals surface area contributed by atoms with Gasteiger partial charge in [-0.2, -0.15) is 5.10 Å². The van der Waals surface area contributed by atoms with E-state index in [0.29, 0.717) is 30.4 Å². The second-order valence-corrected chi connectivity index (χ2v) is 6.14. The summed E-state index contributed by atoms with van der Waals surface area (Å²) in [6.07, 6.45) is 1.48. The van der Waals surface area contributed by atoms with Crippen LogP contribution in [0.1, 0.15) is 11.4 Å². The van der Waals surface area contributed by atoms with Crippen molar-refractivity contribution < 1.29 is 9.53 Å². The van der Waals surface area contributed by atoms with Crippen LogP contribution in [0.25, 0.3) is 5.82 Å². The molecule has 0 fully saturated rings. The van der Waals surface area contributed by atoms with Crippen LogP contribution in [0.15, 0.2) is 42.7 Å². The number of aromatic nitrogens is 4. The number of benzene rings is 1. The normalized spacial score (nSPS) is 10.4. The van der Waals surface area contributed by atoms with E-state index in [-0.39, 0.29) is 6.03 Å². The van der Waals surface area contributed by atoms with E-state index in [1.165, 1.54) is 6.33 Å². The third kappa shape index (κ3) is 4.97. The van der Waals surface area contributed by atoms with Crippen molar-refractivity contribution in [3.8, 4) is 11.6 Å². The van der Waals surface area contributed by atoms with Crippen LogP contribution in [-0.4, -0.2) is 46.0 Å². The van der Waals surface area contributed by atoms with Gasteiger partial charge in [-0.05, 0) is 44.2 Å². The van der Waals surface area contributed by atoms with E-state index in [4.69, 9.17) is 4.74 Å². The van der Waals surface area contributed by atoms with Gasteiger partial charge < -0.3 is 20.7 Å². The van der Waals surface area contributed by atoms with Crippen molar-refractivity contribution in [2.45, 2.75) is 13.8 Å². The van der Waals surface area contributed by atoms with Crippen molar-refractivity contribution in [3.05, 3.63) is 54.1 Å². The smallest absolute Gasteiger partial charge is 0.319 e. The topological polar surface area (TPSA) is 106 Å². The number of nitrogens with one attached hydrogen (secondary N) is 3. The zero-order valence-electron chi connectivity index (χ0n) is 16.1. The molecule has 2 aromatic heterocycles. The summed E-state index contributed by atoms with van der Waals surface area (Å²) < 4.78 is 6.85. The lowest BCUT2D eigenvalue weighted by atomic mass is 10.3. The maximum Gasteiger partial charge on any atom is 0.319 e. The fourth-order valence-electron chi connectivity index (χ4n) is 2.64. The summed E-state index contributed by atoms with van der Waals surface area (Å²) in [7, 11) is 1.60. The molecule has 0 spiro atoms. The molecular weight excluding hydrogens is 358 g/mol. The van der Waals surface area contributed by atoms with Crippen LogP contribution in [-0.2, 0) is 0 Å². The van der Waals surface area contributed by atoms with Crippen molar-refractivity contribution in [2.24, 2.45) is 0 Å².